The van der Waals surface area contributed by atoms with Crippen LogP contribution in [-0.2, 0) is 19.2 Å². The molecule has 2 N–H and O–H groups in total. The second-order valence-electron chi connectivity index (χ2n) is 7.41. The molecule has 31 heavy (non-hydrogen) atoms. The van der Waals surface area contributed by atoms with Crippen LogP contribution in [0.3, 0.4) is 0 Å². The van der Waals surface area contributed by atoms with E-state index in [0.29, 0.717) is 39.8 Å². The highest BCUT2D eigenvalue weighted by atomic mass is 31.1. The molecule has 3 unspecified atom stereocenters. The second kappa shape index (κ2) is 20.6. The van der Waals surface area contributed by atoms with Crippen LogP contribution in [0.25, 0.3) is 0 Å². The zero-order chi connectivity index (χ0) is 24.2. The van der Waals surface area contributed by atoms with E-state index in [1.807, 2.05) is 20.8 Å². The third-order valence-corrected chi connectivity index (χ3v) is 5.89. The predicted molar refractivity (Wildman–Crippen MR) is 131 cm³/mol. The number of nitrogens with two attached hydrogens (primary N) is 1. The Hall–Kier alpha value is -1.33. The largest absolute Gasteiger partial charge is 0.335 e. The van der Waals surface area contributed by atoms with E-state index in [4.69, 9.17) is 0 Å². The summed E-state index contributed by atoms with van der Waals surface area (Å²) in [5.74, 6) is 1.28. The monoisotopic (exact) mass is 459 g/mol. The van der Waals surface area contributed by atoms with E-state index in [2.05, 4.69) is 19.6 Å². The Bertz CT molecular complexity index is 517. The number of aldehydes is 1. The lowest BCUT2D eigenvalue weighted by Crippen LogP contribution is -2.29. The molecule has 0 bridgehead atoms. The number of carbonyl (C=O) groups is 4. The molecule has 0 aliphatic carbocycles. The SMILES string of the molecule is CC.CCCC1CC(=O)N(CC(=O)PCC)C1.CCCC1CC(=O)N(CC=O)C1.CN. The van der Waals surface area contributed by atoms with Crippen molar-refractivity contribution in [2.24, 2.45) is 17.6 Å². The Morgan fingerprint density at radius 2 is 1.42 bits per heavy atom. The molecular weight excluding hydrogens is 413 g/mol. The minimum atomic E-state index is 0.139. The maximum Gasteiger partial charge on any atom is 0.223 e. The van der Waals surface area contributed by atoms with Crippen LogP contribution in [0.4, 0.5) is 0 Å². The maximum absolute atomic E-state index is 11.6. The average molecular weight is 460 g/mol. The van der Waals surface area contributed by atoms with Gasteiger partial charge in [0.2, 0.25) is 11.8 Å². The Labute approximate surface area is 191 Å². The van der Waals surface area contributed by atoms with Crippen LogP contribution in [0.2, 0.25) is 0 Å². The van der Waals surface area contributed by atoms with Crippen LogP contribution in [0.5, 0.6) is 0 Å². The predicted octanol–water partition coefficient (Wildman–Crippen LogP) is 3.30. The lowest BCUT2D eigenvalue weighted by atomic mass is 10.0. The number of likely N-dealkylation sites (tertiary alicyclic amines) is 2. The number of nitrogens with zero attached hydrogens (tertiary/aromatic N) is 2. The van der Waals surface area contributed by atoms with E-state index in [0.717, 1.165) is 51.2 Å². The van der Waals surface area contributed by atoms with Gasteiger partial charge in [-0.05, 0) is 46.5 Å². The third-order valence-electron chi connectivity index (χ3n) is 4.99. The number of rotatable bonds is 10. The fourth-order valence-electron chi connectivity index (χ4n) is 3.76. The molecule has 2 fully saturated rings. The van der Waals surface area contributed by atoms with Crippen molar-refractivity contribution in [2.75, 3.05) is 39.4 Å². The molecule has 8 heteroatoms. The van der Waals surface area contributed by atoms with Crippen LogP contribution in [-0.4, -0.2) is 72.8 Å². The van der Waals surface area contributed by atoms with Crippen LogP contribution in [0, 0.1) is 11.8 Å². The molecule has 182 valence electrons. The molecule has 0 aromatic carbocycles. The van der Waals surface area contributed by atoms with Crippen molar-refractivity contribution in [3.63, 3.8) is 0 Å². The third kappa shape index (κ3) is 13.6. The molecule has 0 radical (unpaired) electrons. The molecule has 2 saturated heterocycles. The zero-order valence-corrected chi connectivity index (χ0v) is 21.6. The molecule has 2 rings (SSSR count). The van der Waals surface area contributed by atoms with Gasteiger partial charge in [-0.2, -0.15) is 0 Å². The van der Waals surface area contributed by atoms with E-state index in [9.17, 15) is 19.2 Å². The van der Waals surface area contributed by atoms with Gasteiger partial charge < -0.3 is 20.3 Å². The standard InChI is InChI=1S/C11H20NO2P.C9H15NO2.C2H6.CH5N/c1-3-5-9-6-10(13)12(7-9)8-11(14)15-4-2;1-2-3-8-6-9(12)10(7-8)4-5-11;2*1-2/h9,15H,3-8H2,1-2H3;5,8H,2-4,6-7H2,1H3;1-2H3;2H2,1H3. The molecule has 3 atom stereocenters. The van der Waals surface area contributed by atoms with Crippen LogP contribution in [0.15, 0.2) is 0 Å². The van der Waals surface area contributed by atoms with Crippen molar-refractivity contribution in [1.82, 2.24) is 9.80 Å². The van der Waals surface area contributed by atoms with Crippen LogP contribution < -0.4 is 5.73 Å². The smallest absolute Gasteiger partial charge is 0.223 e. The maximum atomic E-state index is 11.6. The van der Waals surface area contributed by atoms with Crippen LogP contribution in [0.1, 0.15) is 73.1 Å². The summed E-state index contributed by atoms with van der Waals surface area (Å²) in [6.45, 7) is 12.5. The molecule has 7 nitrogen and oxygen atoms in total. The summed E-state index contributed by atoms with van der Waals surface area (Å²) in [7, 11) is 1.87. The first-order valence-corrected chi connectivity index (χ1v) is 13.0. The van der Waals surface area contributed by atoms with Crippen molar-refractivity contribution >= 4 is 32.2 Å². The molecule has 0 aromatic rings. The van der Waals surface area contributed by atoms with E-state index >= 15 is 0 Å². The lowest BCUT2D eigenvalue weighted by Gasteiger charge is -2.15. The molecule has 0 spiro atoms. The van der Waals surface area contributed by atoms with E-state index in [-0.39, 0.29) is 23.9 Å². The second-order valence-corrected chi connectivity index (χ2v) is 9.03. The van der Waals surface area contributed by atoms with Gasteiger partial charge in [0.15, 0.2) is 5.52 Å². The molecule has 0 aromatic heterocycles. The molecule has 2 aliphatic rings. The number of hydrogen-bond donors (Lipinski definition) is 1. The van der Waals surface area contributed by atoms with Gasteiger partial charge in [0.1, 0.15) is 6.29 Å². The zero-order valence-electron chi connectivity index (χ0n) is 20.6. The summed E-state index contributed by atoms with van der Waals surface area (Å²) in [5.41, 5.74) is 4.72. The van der Waals surface area contributed by atoms with E-state index in [1.165, 1.54) is 7.05 Å². The van der Waals surface area contributed by atoms with Gasteiger partial charge in [0.05, 0.1) is 13.1 Å². The van der Waals surface area contributed by atoms with Gasteiger partial charge in [-0.1, -0.05) is 47.5 Å². The summed E-state index contributed by atoms with van der Waals surface area (Å²) in [6.07, 6.45) is 7.43. The highest BCUT2D eigenvalue weighted by Crippen LogP contribution is 2.23. The van der Waals surface area contributed by atoms with Gasteiger partial charge in [-0.25, -0.2) is 0 Å². The molecule has 2 aliphatic heterocycles. The van der Waals surface area contributed by atoms with E-state index < -0.39 is 0 Å². The minimum Gasteiger partial charge on any atom is -0.335 e. The molecular formula is C23H46N3O4P. The quantitative estimate of drug-likeness (QED) is 0.399. The fourth-order valence-corrected chi connectivity index (χ4v) is 4.45. The summed E-state index contributed by atoms with van der Waals surface area (Å²) < 4.78 is 0. The first-order chi connectivity index (χ1) is 14.9. The first kappa shape index (κ1) is 31.9. The van der Waals surface area contributed by atoms with Crippen molar-refractivity contribution in [1.29, 1.82) is 0 Å². The Morgan fingerprint density at radius 1 is 0.968 bits per heavy atom. The minimum absolute atomic E-state index is 0.139. The number of hydrogen-bond acceptors (Lipinski definition) is 5. The van der Waals surface area contributed by atoms with Gasteiger partial charge >= 0.3 is 0 Å². The van der Waals surface area contributed by atoms with Crippen molar-refractivity contribution in [3.05, 3.63) is 0 Å². The first-order valence-electron chi connectivity index (χ1n) is 11.8. The van der Waals surface area contributed by atoms with Gasteiger partial charge in [0, 0.05) is 25.9 Å². The summed E-state index contributed by atoms with van der Waals surface area (Å²) in [4.78, 5) is 47.8. The highest BCUT2D eigenvalue weighted by molar-refractivity contribution is 7.57. The highest BCUT2D eigenvalue weighted by Gasteiger charge is 2.30. The molecule has 0 saturated carbocycles. The van der Waals surface area contributed by atoms with Crippen molar-refractivity contribution in [3.8, 4) is 0 Å². The lowest BCUT2D eigenvalue weighted by molar-refractivity contribution is -0.130. The van der Waals surface area contributed by atoms with Gasteiger partial charge in [-0.15, -0.1) is 0 Å². The Morgan fingerprint density at radius 3 is 1.84 bits per heavy atom. The van der Waals surface area contributed by atoms with Crippen molar-refractivity contribution in [2.45, 2.75) is 73.1 Å². The van der Waals surface area contributed by atoms with Gasteiger partial charge in [-0.3, -0.25) is 14.4 Å². The Balaban J connectivity index is 0. The summed E-state index contributed by atoms with van der Waals surface area (Å²) in [5, 5.41) is 0. The summed E-state index contributed by atoms with van der Waals surface area (Å²) in [6, 6.07) is 0. The number of amides is 2. The number of carbonyl (C=O) groups excluding carboxylic acids is 4. The Kier molecular flexibility index (Phi) is 21.1. The average Bonchev–Trinajstić information content (AvgIpc) is 3.28. The van der Waals surface area contributed by atoms with Crippen molar-refractivity contribution < 1.29 is 19.2 Å². The topological polar surface area (TPSA) is 101 Å². The van der Waals surface area contributed by atoms with E-state index in [1.54, 1.807) is 9.80 Å². The summed E-state index contributed by atoms with van der Waals surface area (Å²) >= 11 is 0. The molecule has 2 amide bonds. The molecule has 2 heterocycles. The fraction of sp³-hybridized carbons (Fsp3) is 0.826. The van der Waals surface area contributed by atoms with Crippen LogP contribution >= 0.6 is 8.58 Å². The normalized spacial score (nSPS) is 20.0. The van der Waals surface area contributed by atoms with Gasteiger partial charge in [0.25, 0.3) is 0 Å².